The standard InChI is InChI=1S/C10H13N3O3/c1-2-7(10(15)16)3-4-13-6-8(5-12-13)9(11)14/h3,5-6H,2,4H2,1H3,(H2,11,14)(H,15,16). The molecule has 16 heavy (non-hydrogen) atoms. The Labute approximate surface area is 92.4 Å². The van der Waals surface area contributed by atoms with Crippen LogP contribution in [0.25, 0.3) is 0 Å². The van der Waals surface area contributed by atoms with Crippen molar-refractivity contribution in [1.82, 2.24) is 9.78 Å². The van der Waals surface area contributed by atoms with Crippen molar-refractivity contribution in [3.05, 3.63) is 29.6 Å². The monoisotopic (exact) mass is 223 g/mol. The lowest BCUT2D eigenvalue weighted by molar-refractivity contribution is -0.132. The molecule has 0 saturated carbocycles. The van der Waals surface area contributed by atoms with Crippen molar-refractivity contribution < 1.29 is 14.7 Å². The van der Waals surface area contributed by atoms with Crippen LogP contribution in [0, 0.1) is 0 Å². The van der Waals surface area contributed by atoms with Crippen molar-refractivity contribution in [3.8, 4) is 0 Å². The van der Waals surface area contributed by atoms with E-state index in [0.29, 0.717) is 24.1 Å². The van der Waals surface area contributed by atoms with E-state index in [1.54, 1.807) is 13.0 Å². The summed E-state index contributed by atoms with van der Waals surface area (Å²) in [6.45, 7) is 2.07. The van der Waals surface area contributed by atoms with Gasteiger partial charge in [-0.05, 0) is 6.42 Å². The fourth-order valence-electron chi connectivity index (χ4n) is 1.18. The summed E-state index contributed by atoms with van der Waals surface area (Å²) < 4.78 is 1.46. The summed E-state index contributed by atoms with van der Waals surface area (Å²) in [5, 5.41) is 12.7. The third-order valence-corrected chi connectivity index (χ3v) is 2.10. The molecule has 0 fully saturated rings. The molecule has 0 aromatic carbocycles. The average molecular weight is 223 g/mol. The smallest absolute Gasteiger partial charge is 0.331 e. The zero-order valence-corrected chi connectivity index (χ0v) is 8.88. The van der Waals surface area contributed by atoms with Crippen LogP contribution in [0.3, 0.4) is 0 Å². The first-order valence-electron chi connectivity index (χ1n) is 4.79. The van der Waals surface area contributed by atoms with E-state index in [-0.39, 0.29) is 0 Å². The van der Waals surface area contributed by atoms with E-state index in [9.17, 15) is 9.59 Å². The van der Waals surface area contributed by atoms with Gasteiger partial charge in [-0.2, -0.15) is 5.10 Å². The lowest BCUT2D eigenvalue weighted by atomic mass is 10.2. The molecule has 0 aliphatic heterocycles. The predicted molar refractivity (Wildman–Crippen MR) is 56.8 cm³/mol. The Morgan fingerprint density at radius 3 is 2.75 bits per heavy atom. The minimum absolute atomic E-state index is 0.307. The van der Waals surface area contributed by atoms with E-state index < -0.39 is 11.9 Å². The minimum atomic E-state index is -0.940. The fourth-order valence-corrected chi connectivity index (χ4v) is 1.18. The van der Waals surface area contributed by atoms with Crippen LogP contribution in [0.1, 0.15) is 23.7 Å². The molecule has 3 N–H and O–H groups in total. The molecule has 0 radical (unpaired) electrons. The lowest BCUT2D eigenvalue weighted by Gasteiger charge is -1.98. The van der Waals surface area contributed by atoms with Gasteiger partial charge in [-0.25, -0.2) is 4.79 Å². The number of nitrogens with zero attached hydrogens (tertiary/aromatic N) is 2. The number of hydrogen-bond donors (Lipinski definition) is 2. The molecule has 0 unspecified atom stereocenters. The highest BCUT2D eigenvalue weighted by Crippen LogP contribution is 2.02. The van der Waals surface area contributed by atoms with Crippen molar-refractivity contribution in [1.29, 1.82) is 0 Å². The number of aliphatic carboxylic acids is 1. The van der Waals surface area contributed by atoms with Gasteiger partial charge in [0.15, 0.2) is 0 Å². The van der Waals surface area contributed by atoms with Gasteiger partial charge >= 0.3 is 5.97 Å². The van der Waals surface area contributed by atoms with E-state index in [4.69, 9.17) is 10.8 Å². The summed E-state index contributed by atoms with van der Waals surface area (Å²) in [6.07, 6.45) is 4.83. The SMILES string of the molecule is CCC(=CCn1cc(C(N)=O)cn1)C(=O)O. The average Bonchev–Trinajstić information content (AvgIpc) is 2.67. The van der Waals surface area contributed by atoms with Gasteiger partial charge in [0.2, 0.25) is 0 Å². The quantitative estimate of drug-likeness (QED) is 0.706. The highest BCUT2D eigenvalue weighted by molar-refractivity contribution is 5.92. The normalized spacial score (nSPS) is 11.4. The first-order valence-corrected chi connectivity index (χ1v) is 4.79. The molecule has 0 saturated heterocycles. The predicted octanol–water partition coefficient (Wildman–Crippen LogP) is 0.403. The van der Waals surface area contributed by atoms with Crippen LogP contribution in [-0.4, -0.2) is 26.8 Å². The lowest BCUT2D eigenvalue weighted by Crippen LogP contribution is -2.09. The van der Waals surface area contributed by atoms with Crippen LogP contribution in [0.4, 0.5) is 0 Å². The Bertz CT molecular complexity index is 434. The number of carbonyl (C=O) groups excluding carboxylic acids is 1. The topological polar surface area (TPSA) is 98.2 Å². The number of carbonyl (C=O) groups is 2. The maximum atomic E-state index is 10.8. The molecular weight excluding hydrogens is 210 g/mol. The number of amides is 1. The number of aromatic nitrogens is 2. The molecule has 1 aromatic heterocycles. The molecule has 1 rings (SSSR count). The summed E-state index contributed by atoms with van der Waals surface area (Å²) in [6, 6.07) is 0. The van der Waals surface area contributed by atoms with E-state index in [2.05, 4.69) is 5.10 Å². The maximum Gasteiger partial charge on any atom is 0.331 e. The summed E-state index contributed by atoms with van der Waals surface area (Å²) in [4.78, 5) is 21.5. The Kier molecular flexibility index (Phi) is 3.82. The van der Waals surface area contributed by atoms with E-state index >= 15 is 0 Å². The van der Waals surface area contributed by atoms with Gasteiger partial charge < -0.3 is 10.8 Å². The van der Waals surface area contributed by atoms with E-state index in [1.807, 2.05) is 0 Å². The van der Waals surface area contributed by atoms with Crippen molar-refractivity contribution in [2.45, 2.75) is 19.9 Å². The Morgan fingerprint density at radius 2 is 2.31 bits per heavy atom. The van der Waals surface area contributed by atoms with Gasteiger partial charge in [0.1, 0.15) is 0 Å². The minimum Gasteiger partial charge on any atom is -0.478 e. The molecule has 6 nitrogen and oxygen atoms in total. The number of allylic oxidation sites excluding steroid dienone is 1. The number of carboxylic acid groups (broad SMARTS) is 1. The largest absolute Gasteiger partial charge is 0.478 e. The number of hydrogen-bond acceptors (Lipinski definition) is 3. The van der Waals surface area contributed by atoms with Crippen LogP contribution >= 0.6 is 0 Å². The molecular formula is C10H13N3O3. The molecule has 1 amide bonds. The maximum absolute atomic E-state index is 10.8. The molecule has 0 aliphatic rings. The molecule has 1 heterocycles. The zero-order valence-electron chi connectivity index (χ0n) is 8.88. The van der Waals surface area contributed by atoms with Gasteiger partial charge in [-0.3, -0.25) is 9.48 Å². The van der Waals surface area contributed by atoms with E-state index in [0.717, 1.165) is 0 Å². The van der Waals surface area contributed by atoms with Gasteiger partial charge in [-0.15, -0.1) is 0 Å². The van der Waals surface area contributed by atoms with Gasteiger partial charge in [0.05, 0.1) is 18.3 Å². The third-order valence-electron chi connectivity index (χ3n) is 2.10. The van der Waals surface area contributed by atoms with Crippen LogP contribution in [0.5, 0.6) is 0 Å². The van der Waals surface area contributed by atoms with Crippen molar-refractivity contribution in [2.75, 3.05) is 0 Å². The molecule has 0 aliphatic carbocycles. The van der Waals surface area contributed by atoms with Crippen LogP contribution in [0.15, 0.2) is 24.0 Å². The first kappa shape index (κ1) is 12.0. The van der Waals surface area contributed by atoms with E-state index in [1.165, 1.54) is 17.1 Å². The third kappa shape index (κ3) is 2.94. The van der Waals surface area contributed by atoms with Crippen LogP contribution in [-0.2, 0) is 11.3 Å². The number of primary amides is 1. The van der Waals surface area contributed by atoms with Crippen LogP contribution < -0.4 is 5.73 Å². The fraction of sp³-hybridized carbons (Fsp3) is 0.300. The number of nitrogens with two attached hydrogens (primary N) is 1. The summed E-state index contributed by atoms with van der Waals surface area (Å²) in [5.74, 6) is -1.49. The van der Waals surface area contributed by atoms with Gasteiger partial charge in [0, 0.05) is 11.8 Å². The molecule has 0 bridgehead atoms. The molecule has 0 atom stereocenters. The van der Waals surface area contributed by atoms with Gasteiger partial charge in [-0.1, -0.05) is 13.0 Å². The molecule has 0 spiro atoms. The van der Waals surface area contributed by atoms with Crippen molar-refractivity contribution in [3.63, 3.8) is 0 Å². The Hall–Kier alpha value is -2.11. The van der Waals surface area contributed by atoms with Crippen LogP contribution in [0.2, 0.25) is 0 Å². The molecule has 86 valence electrons. The molecule has 6 heteroatoms. The number of rotatable bonds is 5. The number of carboxylic acids is 1. The first-order chi connectivity index (χ1) is 7.54. The Morgan fingerprint density at radius 1 is 1.62 bits per heavy atom. The second kappa shape index (κ2) is 5.11. The highest BCUT2D eigenvalue weighted by Gasteiger charge is 2.05. The Balaban J connectivity index is 2.73. The summed E-state index contributed by atoms with van der Waals surface area (Å²) >= 11 is 0. The highest BCUT2D eigenvalue weighted by atomic mass is 16.4. The zero-order chi connectivity index (χ0) is 12.1. The second-order valence-corrected chi connectivity index (χ2v) is 3.20. The summed E-state index contributed by atoms with van der Waals surface area (Å²) in [7, 11) is 0. The second-order valence-electron chi connectivity index (χ2n) is 3.20. The van der Waals surface area contributed by atoms with Gasteiger partial charge in [0.25, 0.3) is 5.91 Å². The summed E-state index contributed by atoms with van der Waals surface area (Å²) in [5.41, 5.74) is 5.68. The molecule has 1 aromatic rings. The van der Waals surface area contributed by atoms with Crippen molar-refractivity contribution in [2.24, 2.45) is 5.73 Å². The van der Waals surface area contributed by atoms with Crippen molar-refractivity contribution >= 4 is 11.9 Å².